The molecule has 1 fully saturated rings. The second-order valence-electron chi connectivity index (χ2n) is 9.01. The van der Waals surface area contributed by atoms with Crippen LogP contribution in [0.4, 0.5) is 0 Å². The smallest absolute Gasteiger partial charge is 0.326 e. The first kappa shape index (κ1) is 28.3. The molecule has 1 heterocycles. The number of nitrogens with one attached hydrogen (secondary N) is 3. The monoisotopic (exact) mass is 471 g/mol. The highest BCUT2D eigenvalue weighted by Crippen LogP contribution is 2.21. The van der Waals surface area contributed by atoms with Crippen molar-refractivity contribution in [3.05, 3.63) is 0 Å². The Morgan fingerprint density at radius 2 is 1.73 bits per heavy atom. The van der Waals surface area contributed by atoms with Crippen molar-refractivity contribution in [3.63, 3.8) is 0 Å². The number of likely N-dealkylation sites (tertiary alicyclic amines) is 1. The number of hydrogen-bond acceptors (Lipinski definition) is 7. The van der Waals surface area contributed by atoms with E-state index in [9.17, 15) is 29.1 Å². The molecular formula is C21H37N5O7. The molecule has 0 spiro atoms. The van der Waals surface area contributed by atoms with E-state index in [1.807, 2.05) is 13.8 Å². The Bertz CT molecular complexity index is 728. The second-order valence-corrected chi connectivity index (χ2v) is 9.01. The predicted molar refractivity (Wildman–Crippen MR) is 119 cm³/mol. The molecule has 0 saturated carbocycles. The van der Waals surface area contributed by atoms with Gasteiger partial charge < -0.3 is 36.8 Å². The number of carbonyl (C=O) groups excluding carboxylic acids is 4. The van der Waals surface area contributed by atoms with Gasteiger partial charge in [-0.15, -0.1) is 0 Å². The van der Waals surface area contributed by atoms with Gasteiger partial charge in [0, 0.05) is 6.54 Å². The van der Waals surface area contributed by atoms with E-state index in [0.29, 0.717) is 25.8 Å². The molecule has 1 aliphatic rings. The Morgan fingerprint density at radius 3 is 2.24 bits per heavy atom. The van der Waals surface area contributed by atoms with E-state index >= 15 is 0 Å². The Kier molecular flexibility index (Phi) is 11.2. The standard InChI is InChI=1S/C21H37N5O7/c1-11(2)8-14(24-16(28)9-23-18(29)13(22)10-27)20(31)26-7-5-6-15(26)19(30)25-17(12(3)4)21(32)33/h11-15,17,27H,5-10,22H2,1-4H3,(H,23,29)(H,24,28)(H,25,30)(H,32,33)/t13-,14-,15-,17-/m0/s1. The first-order valence-electron chi connectivity index (χ1n) is 11.2. The SMILES string of the molecule is CC(C)C[C@H](NC(=O)CNC(=O)[C@@H](N)CO)C(=O)N1CCC[C@H]1C(=O)N[C@H](C(=O)O)C(C)C. The minimum atomic E-state index is -1.16. The summed E-state index contributed by atoms with van der Waals surface area (Å²) in [6.07, 6.45) is 1.27. The van der Waals surface area contributed by atoms with Gasteiger partial charge in [0.15, 0.2) is 0 Å². The number of hydrogen-bond donors (Lipinski definition) is 6. The molecular weight excluding hydrogens is 434 g/mol. The summed E-state index contributed by atoms with van der Waals surface area (Å²) in [6, 6.07) is -3.98. The largest absolute Gasteiger partial charge is 0.480 e. The van der Waals surface area contributed by atoms with E-state index < -0.39 is 66.9 Å². The lowest BCUT2D eigenvalue weighted by atomic mass is 10.0. The third-order valence-electron chi connectivity index (χ3n) is 5.37. The minimum Gasteiger partial charge on any atom is -0.480 e. The van der Waals surface area contributed by atoms with Gasteiger partial charge in [0.2, 0.25) is 23.6 Å². The maximum atomic E-state index is 13.3. The predicted octanol–water partition coefficient (Wildman–Crippen LogP) is -1.83. The lowest BCUT2D eigenvalue weighted by Crippen LogP contribution is -2.57. The highest BCUT2D eigenvalue weighted by Gasteiger charge is 2.39. The molecule has 0 aromatic carbocycles. The molecule has 7 N–H and O–H groups in total. The summed E-state index contributed by atoms with van der Waals surface area (Å²) >= 11 is 0. The highest BCUT2D eigenvalue weighted by atomic mass is 16.4. The Morgan fingerprint density at radius 1 is 1.09 bits per heavy atom. The van der Waals surface area contributed by atoms with Crippen molar-refractivity contribution < 1.29 is 34.2 Å². The maximum Gasteiger partial charge on any atom is 0.326 e. The molecule has 4 atom stereocenters. The molecule has 188 valence electrons. The van der Waals surface area contributed by atoms with E-state index in [1.54, 1.807) is 13.8 Å². The molecule has 12 heteroatoms. The lowest BCUT2D eigenvalue weighted by Gasteiger charge is -2.30. The van der Waals surface area contributed by atoms with Crippen LogP contribution in [0.3, 0.4) is 0 Å². The Labute approximate surface area is 193 Å². The van der Waals surface area contributed by atoms with Crippen molar-refractivity contribution in [3.8, 4) is 0 Å². The van der Waals surface area contributed by atoms with Gasteiger partial charge >= 0.3 is 5.97 Å². The van der Waals surface area contributed by atoms with Gasteiger partial charge in [0.25, 0.3) is 0 Å². The fourth-order valence-electron chi connectivity index (χ4n) is 3.59. The van der Waals surface area contributed by atoms with Crippen LogP contribution in [0, 0.1) is 11.8 Å². The number of carbonyl (C=O) groups is 5. The molecule has 12 nitrogen and oxygen atoms in total. The average molecular weight is 472 g/mol. The van der Waals surface area contributed by atoms with Gasteiger partial charge in [-0.2, -0.15) is 0 Å². The molecule has 1 aliphatic heterocycles. The molecule has 33 heavy (non-hydrogen) atoms. The molecule has 1 rings (SSSR count). The van der Waals surface area contributed by atoms with E-state index in [1.165, 1.54) is 4.90 Å². The van der Waals surface area contributed by atoms with Crippen LogP contribution in [0.2, 0.25) is 0 Å². The zero-order valence-corrected chi connectivity index (χ0v) is 19.7. The van der Waals surface area contributed by atoms with Crippen molar-refractivity contribution in [1.82, 2.24) is 20.9 Å². The molecule has 1 saturated heterocycles. The van der Waals surface area contributed by atoms with E-state index in [0.717, 1.165) is 0 Å². The summed E-state index contributed by atoms with van der Waals surface area (Å²) in [5.41, 5.74) is 5.39. The van der Waals surface area contributed by atoms with Gasteiger partial charge in [0.1, 0.15) is 24.2 Å². The van der Waals surface area contributed by atoms with E-state index in [4.69, 9.17) is 10.8 Å². The summed E-state index contributed by atoms with van der Waals surface area (Å²) < 4.78 is 0. The van der Waals surface area contributed by atoms with Gasteiger partial charge in [-0.1, -0.05) is 27.7 Å². The summed E-state index contributed by atoms with van der Waals surface area (Å²) in [5.74, 6) is -3.73. The number of aliphatic hydroxyl groups excluding tert-OH is 1. The summed E-state index contributed by atoms with van der Waals surface area (Å²) in [4.78, 5) is 62.8. The topological polar surface area (TPSA) is 191 Å². The van der Waals surface area contributed by atoms with Crippen LogP contribution < -0.4 is 21.7 Å². The molecule has 4 amide bonds. The van der Waals surface area contributed by atoms with Crippen LogP contribution in [-0.2, 0) is 24.0 Å². The summed E-state index contributed by atoms with van der Waals surface area (Å²) in [5, 5.41) is 25.6. The van der Waals surface area contributed by atoms with Crippen LogP contribution in [0.1, 0.15) is 47.0 Å². The molecule has 0 aromatic rings. The third kappa shape index (κ3) is 8.61. The number of carboxylic acids is 1. The number of carboxylic acid groups (broad SMARTS) is 1. The van der Waals surface area contributed by atoms with Gasteiger partial charge in [-0.25, -0.2) is 4.79 Å². The van der Waals surface area contributed by atoms with Crippen LogP contribution in [0.5, 0.6) is 0 Å². The zero-order chi connectivity index (χ0) is 25.3. The van der Waals surface area contributed by atoms with E-state index in [-0.39, 0.29) is 11.8 Å². The number of rotatable bonds is 12. The lowest BCUT2D eigenvalue weighted by molar-refractivity contribution is -0.145. The Balaban J connectivity index is 2.87. The fourth-order valence-corrected chi connectivity index (χ4v) is 3.59. The van der Waals surface area contributed by atoms with E-state index in [2.05, 4.69) is 16.0 Å². The number of amides is 4. The number of nitrogens with zero attached hydrogens (tertiary/aromatic N) is 1. The van der Waals surface area contributed by atoms with Gasteiger partial charge in [-0.05, 0) is 31.1 Å². The first-order chi connectivity index (χ1) is 15.4. The Hall–Kier alpha value is -2.73. The zero-order valence-electron chi connectivity index (χ0n) is 19.7. The van der Waals surface area contributed by atoms with Crippen LogP contribution >= 0.6 is 0 Å². The van der Waals surface area contributed by atoms with Crippen LogP contribution in [0.15, 0.2) is 0 Å². The fraction of sp³-hybridized carbons (Fsp3) is 0.762. The molecule has 0 bridgehead atoms. The molecule has 0 radical (unpaired) electrons. The molecule has 0 aromatic heterocycles. The van der Waals surface area contributed by atoms with Crippen molar-refractivity contribution in [2.75, 3.05) is 19.7 Å². The molecule has 0 aliphatic carbocycles. The number of aliphatic carboxylic acids is 1. The van der Waals surface area contributed by atoms with Crippen LogP contribution in [0.25, 0.3) is 0 Å². The van der Waals surface area contributed by atoms with Crippen LogP contribution in [-0.4, -0.2) is 88.6 Å². The maximum absolute atomic E-state index is 13.3. The number of aliphatic hydroxyl groups is 1. The third-order valence-corrected chi connectivity index (χ3v) is 5.37. The normalized spacial score (nSPS) is 18.5. The van der Waals surface area contributed by atoms with Gasteiger partial charge in [0.05, 0.1) is 13.2 Å². The van der Waals surface area contributed by atoms with Crippen molar-refractivity contribution in [2.24, 2.45) is 17.6 Å². The summed E-state index contributed by atoms with van der Waals surface area (Å²) in [6.45, 7) is 6.43. The van der Waals surface area contributed by atoms with Crippen molar-refractivity contribution >= 4 is 29.6 Å². The quantitative estimate of drug-likeness (QED) is 0.191. The average Bonchev–Trinajstić information content (AvgIpc) is 3.23. The second kappa shape index (κ2) is 13.1. The number of nitrogens with two attached hydrogens (primary N) is 1. The minimum absolute atomic E-state index is 0.0452. The first-order valence-corrected chi connectivity index (χ1v) is 11.2. The van der Waals surface area contributed by atoms with Crippen molar-refractivity contribution in [1.29, 1.82) is 0 Å². The molecule has 0 unspecified atom stereocenters. The highest BCUT2D eigenvalue weighted by molar-refractivity contribution is 5.94. The van der Waals surface area contributed by atoms with Gasteiger partial charge in [-0.3, -0.25) is 19.2 Å². The summed E-state index contributed by atoms with van der Waals surface area (Å²) in [7, 11) is 0. The van der Waals surface area contributed by atoms with Crippen molar-refractivity contribution in [2.45, 2.75) is 71.1 Å².